The van der Waals surface area contributed by atoms with Crippen LogP contribution in [0.3, 0.4) is 0 Å². The summed E-state index contributed by atoms with van der Waals surface area (Å²) in [5.74, 6) is -2.44. The van der Waals surface area contributed by atoms with Crippen LogP contribution in [0.15, 0.2) is 29.2 Å². The highest BCUT2D eigenvalue weighted by Crippen LogP contribution is 2.26. The Kier molecular flexibility index (Phi) is 5.57. The van der Waals surface area contributed by atoms with Crippen LogP contribution in [-0.4, -0.2) is 67.5 Å². The molecule has 25 heavy (non-hydrogen) atoms. The van der Waals surface area contributed by atoms with E-state index >= 15 is 0 Å². The number of carboxylic acids is 1. The van der Waals surface area contributed by atoms with E-state index in [-0.39, 0.29) is 10.8 Å². The van der Waals surface area contributed by atoms with Crippen molar-refractivity contribution >= 4 is 25.8 Å². The minimum Gasteiger partial charge on any atom is -0.480 e. The molecular weight excluding hydrogens is 370 g/mol. The molecule has 1 aliphatic heterocycles. The van der Waals surface area contributed by atoms with Gasteiger partial charge >= 0.3 is 5.97 Å². The molecule has 140 valence electrons. The van der Waals surface area contributed by atoms with Crippen molar-refractivity contribution in [3.8, 4) is 0 Å². The fourth-order valence-corrected chi connectivity index (χ4v) is 6.26. The number of hydrogen-bond donors (Lipinski definition) is 2. The zero-order chi connectivity index (χ0) is 19.0. The van der Waals surface area contributed by atoms with Crippen LogP contribution in [0.4, 0.5) is 0 Å². The number of aliphatic hydroxyl groups is 1. The van der Waals surface area contributed by atoms with E-state index in [0.717, 1.165) is 5.56 Å². The van der Waals surface area contributed by atoms with Gasteiger partial charge in [0, 0.05) is 0 Å². The highest BCUT2D eigenvalue weighted by atomic mass is 32.2. The quantitative estimate of drug-likeness (QED) is 0.700. The van der Waals surface area contributed by atoms with Crippen molar-refractivity contribution in [3.63, 3.8) is 0 Å². The van der Waals surface area contributed by atoms with Crippen LogP contribution in [-0.2, 0) is 24.7 Å². The summed E-state index contributed by atoms with van der Waals surface area (Å²) in [6.07, 6.45) is -1.46. The number of sulfone groups is 1. The van der Waals surface area contributed by atoms with Gasteiger partial charge in [-0.3, -0.25) is 4.79 Å². The zero-order valence-corrected chi connectivity index (χ0v) is 15.5. The first-order valence-electron chi connectivity index (χ1n) is 7.66. The van der Waals surface area contributed by atoms with Gasteiger partial charge in [-0.1, -0.05) is 26.0 Å². The smallest absolute Gasteiger partial charge is 0.318 e. The maximum Gasteiger partial charge on any atom is 0.318 e. The van der Waals surface area contributed by atoms with Crippen LogP contribution in [0.1, 0.15) is 25.3 Å². The number of aliphatic carboxylic acids is 1. The molecule has 1 saturated heterocycles. The molecule has 8 nitrogen and oxygen atoms in total. The van der Waals surface area contributed by atoms with E-state index in [0.29, 0.717) is 4.31 Å². The van der Waals surface area contributed by atoms with Gasteiger partial charge in [0.1, 0.15) is 6.54 Å². The van der Waals surface area contributed by atoms with E-state index < -0.39 is 56.0 Å². The molecule has 0 bridgehead atoms. The fourth-order valence-electron chi connectivity index (χ4n) is 2.76. The van der Waals surface area contributed by atoms with Crippen LogP contribution in [0.2, 0.25) is 0 Å². The molecule has 1 aromatic rings. The van der Waals surface area contributed by atoms with Crippen LogP contribution < -0.4 is 0 Å². The highest BCUT2D eigenvalue weighted by molar-refractivity contribution is 7.92. The van der Waals surface area contributed by atoms with E-state index in [1.165, 1.54) is 12.1 Å². The van der Waals surface area contributed by atoms with Crippen LogP contribution in [0.25, 0.3) is 0 Å². The topological polar surface area (TPSA) is 129 Å². The molecule has 0 saturated carbocycles. The van der Waals surface area contributed by atoms with Crippen LogP contribution >= 0.6 is 0 Å². The molecule has 10 heteroatoms. The summed E-state index contributed by atoms with van der Waals surface area (Å²) in [5.41, 5.74) is 0.909. The van der Waals surface area contributed by atoms with Crippen molar-refractivity contribution in [1.82, 2.24) is 4.31 Å². The molecule has 1 fully saturated rings. The number of carboxylic acid groups (broad SMARTS) is 1. The summed E-state index contributed by atoms with van der Waals surface area (Å²) in [7, 11) is -7.91. The molecule has 0 aromatic heterocycles. The Morgan fingerprint density at radius 3 is 2.20 bits per heavy atom. The summed E-state index contributed by atoms with van der Waals surface area (Å²) in [4.78, 5) is 11.0. The minimum atomic E-state index is -4.28. The Morgan fingerprint density at radius 2 is 1.80 bits per heavy atom. The summed E-state index contributed by atoms with van der Waals surface area (Å²) in [5, 5.41) is 19.0. The largest absolute Gasteiger partial charge is 0.480 e. The maximum atomic E-state index is 12.8. The summed E-state index contributed by atoms with van der Waals surface area (Å²) in [6, 6.07) is 4.64. The van der Waals surface area contributed by atoms with E-state index in [9.17, 15) is 26.7 Å². The Labute approximate surface area is 147 Å². The SMILES string of the molecule is CC(C)c1ccc(S(=O)(=O)N(CC(=O)O)[C@@H]2CS(=O)(=O)C[C@H]2O)cc1. The van der Waals surface area contributed by atoms with E-state index in [1.807, 2.05) is 13.8 Å². The van der Waals surface area contributed by atoms with Gasteiger partial charge < -0.3 is 10.2 Å². The monoisotopic (exact) mass is 391 g/mol. The zero-order valence-electron chi connectivity index (χ0n) is 13.9. The Balaban J connectivity index is 2.44. The second-order valence-electron chi connectivity index (χ2n) is 6.38. The number of aliphatic hydroxyl groups excluding tert-OH is 1. The third-order valence-electron chi connectivity index (χ3n) is 4.11. The Morgan fingerprint density at radius 1 is 1.24 bits per heavy atom. The molecule has 1 aliphatic rings. The molecule has 2 rings (SSSR count). The van der Waals surface area contributed by atoms with Crippen molar-refractivity contribution < 1.29 is 31.8 Å². The average Bonchev–Trinajstić information content (AvgIpc) is 2.77. The van der Waals surface area contributed by atoms with Gasteiger partial charge in [0.05, 0.1) is 28.5 Å². The molecular formula is C15H21NO7S2. The molecule has 0 amide bonds. The standard InChI is InChI=1S/C15H21NO7S2/c1-10(2)11-3-5-12(6-4-11)25(22,23)16(7-15(18)19)13-8-24(20,21)9-14(13)17/h3-6,10,13-14,17H,7-9H2,1-2H3,(H,18,19)/t13-,14-/m1/s1. The highest BCUT2D eigenvalue weighted by Gasteiger charge is 2.45. The summed E-state index contributed by atoms with van der Waals surface area (Å²) >= 11 is 0. The summed E-state index contributed by atoms with van der Waals surface area (Å²) in [6.45, 7) is 2.96. The van der Waals surface area contributed by atoms with Crippen molar-refractivity contribution in [2.75, 3.05) is 18.1 Å². The van der Waals surface area contributed by atoms with E-state index in [4.69, 9.17) is 5.11 Å². The molecule has 1 heterocycles. The van der Waals surface area contributed by atoms with Gasteiger partial charge in [-0.15, -0.1) is 0 Å². The van der Waals surface area contributed by atoms with Gasteiger partial charge in [0.25, 0.3) is 0 Å². The molecule has 1 aromatic carbocycles. The number of benzene rings is 1. The van der Waals surface area contributed by atoms with Crippen molar-refractivity contribution in [1.29, 1.82) is 0 Å². The number of carbonyl (C=O) groups is 1. The van der Waals surface area contributed by atoms with Gasteiger partial charge in [-0.05, 0) is 23.6 Å². The normalized spacial score (nSPS) is 23.2. The fraction of sp³-hybridized carbons (Fsp3) is 0.533. The molecule has 2 atom stereocenters. The Hall–Kier alpha value is -1.49. The number of nitrogens with zero attached hydrogens (tertiary/aromatic N) is 1. The third-order valence-corrected chi connectivity index (χ3v) is 7.69. The van der Waals surface area contributed by atoms with Crippen LogP contribution in [0.5, 0.6) is 0 Å². The number of hydrogen-bond acceptors (Lipinski definition) is 6. The first-order chi connectivity index (χ1) is 11.4. The third kappa shape index (κ3) is 4.38. The van der Waals surface area contributed by atoms with Crippen molar-refractivity contribution in [3.05, 3.63) is 29.8 Å². The first-order valence-corrected chi connectivity index (χ1v) is 10.9. The van der Waals surface area contributed by atoms with Crippen molar-refractivity contribution in [2.24, 2.45) is 0 Å². The number of rotatable bonds is 6. The molecule has 0 unspecified atom stereocenters. The minimum absolute atomic E-state index is 0.144. The Bertz CT molecular complexity index is 844. The second-order valence-corrected chi connectivity index (χ2v) is 10.4. The lowest BCUT2D eigenvalue weighted by Gasteiger charge is -2.28. The maximum absolute atomic E-state index is 12.8. The van der Waals surface area contributed by atoms with Gasteiger partial charge in [-0.25, -0.2) is 16.8 Å². The predicted molar refractivity (Wildman–Crippen MR) is 90.5 cm³/mol. The predicted octanol–water partition coefficient (Wildman–Crippen LogP) is 0.0432. The van der Waals surface area contributed by atoms with Crippen LogP contribution in [0, 0.1) is 0 Å². The summed E-state index contributed by atoms with van der Waals surface area (Å²) < 4.78 is 49.7. The average molecular weight is 391 g/mol. The second kappa shape index (κ2) is 7.02. The van der Waals surface area contributed by atoms with Gasteiger partial charge in [0.15, 0.2) is 9.84 Å². The lowest BCUT2D eigenvalue weighted by atomic mass is 10.0. The van der Waals surface area contributed by atoms with Gasteiger partial charge in [0.2, 0.25) is 10.0 Å². The molecule has 0 radical (unpaired) electrons. The first kappa shape index (κ1) is 19.8. The lowest BCUT2D eigenvalue weighted by Crippen LogP contribution is -2.48. The lowest BCUT2D eigenvalue weighted by molar-refractivity contribution is -0.137. The van der Waals surface area contributed by atoms with E-state index in [1.54, 1.807) is 12.1 Å². The number of sulfonamides is 1. The van der Waals surface area contributed by atoms with E-state index in [2.05, 4.69) is 0 Å². The molecule has 0 aliphatic carbocycles. The molecule has 2 N–H and O–H groups in total. The molecule has 0 spiro atoms. The van der Waals surface area contributed by atoms with Crippen molar-refractivity contribution in [2.45, 2.75) is 36.8 Å². The van der Waals surface area contributed by atoms with Gasteiger partial charge in [-0.2, -0.15) is 4.31 Å².